The molecule has 0 saturated carbocycles. The van der Waals surface area contributed by atoms with Gasteiger partial charge in [-0.25, -0.2) is 8.42 Å². The van der Waals surface area contributed by atoms with Crippen molar-refractivity contribution in [2.24, 2.45) is 0 Å². The number of hydrogen-bond donors (Lipinski definition) is 1. The quantitative estimate of drug-likeness (QED) is 0.246. The molecular formula is C32H41N3O5S. The fourth-order valence-electron chi connectivity index (χ4n) is 4.45. The van der Waals surface area contributed by atoms with Gasteiger partial charge in [-0.3, -0.25) is 13.9 Å². The van der Waals surface area contributed by atoms with Crippen LogP contribution in [0.3, 0.4) is 0 Å². The Bertz CT molecular complexity index is 1360. The second kappa shape index (κ2) is 15.2. The zero-order valence-electron chi connectivity index (χ0n) is 24.4. The zero-order valence-corrected chi connectivity index (χ0v) is 25.2. The largest absolute Gasteiger partial charge is 0.494 e. The summed E-state index contributed by atoms with van der Waals surface area (Å²) in [5.41, 5.74) is 2.08. The predicted molar refractivity (Wildman–Crippen MR) is 162 cm³/mol. The summed E-state index contributed by atoms with van der Waals surface area (Å²) in [5.74, 6) is -0.133. The summed E-state index contributed by atoms with van der Waals surface area (Å²) in [6.07, 6.45) is 2.14. The Morgan fingerprint density at radius 1 is 0.902 bits per heavy atom. The molecule has 0 spiro atoms. The molecular weight excluding hydrogens is 538 g/mol. The van der Waals surface area contributed by atoms with Crippen molar-refractivity contribution in [3.05, 3.63) is 90.0 Å². The normalized spacial score (nSPS) is 11.9. The van der Waals surface area contributed by atoms with Crippen LogP contribution in [-0.2, 0) is 26.2 Å². The van der Waals surface area contributed by atoms with Gasteiger partial charge in [0.1, 0.15) is 18.3 Å². The summed E-state index contributed by atoms with van der Waals surface area (Å²) < 4.78 is 34.6. The second-order valence-corrected chi connectivity index (χ2v) is 11.7. The van der Waals surface area contributed by atoms with Gasteiger partial charge in [-0.15, -0.1) is 0 Å². The third-order valence-electron chi connectivity index (χ3n) is 6.73. The second-order valence-electron chi connectivity index (χ2n) is 9.83. The van der Waals surface area contributed by atoms with E-state index in [9.17, 15) is 18.0 Å². The first-order valence-corrected chi connectivity index (χ1v) is 15.6. The van der Waals surface area contributed by atoms with E-state index in [1.807, 2.05) is 58.0 Å². The Morgan fingerprint density at radius 3 is 2.15 bits per heavy atom. The van der Waals surface area contributed by atoms with Crippen LogP contribution in [-0.4, -0.2) is 50.9 Å². The van der Waals surface area contributed by atoms with Crippen molar-refractivity contribution in [1.29, 1.82) is 0 Å². The van der Waals surface area contributed by atoms with Crippen LogP contribution >= 0.6 is 0 Å². The summed E-state index contributed by atoms with van der Waals surface area (Å²) >= 11 is 0. The SMILES string of the molecule is CCCCNC(=O)[C@H](CC)N(Cc1ccccc1)C(=O)CN(c1ccc(OCC)cc1)S(=O)(=O)c1ccc(C)cc1. The van der Waals surface area contributed by atoms with Crippen molar-refractivity contribution in [2.45, 2.75) is 64.4 Å². The van der Waals surface area contributed by atoms with Crippen LogP contribution in [0.15, 0.2) is 83.8 Å². The van der Waals surface area contributed by atoms with Crippen LogP contribution in [0.2, 0.25) is 0 Å². The van der Waals surface area contributed by atoms with E-state index < -0.39 is 28.5 Å². The van der Waals surface area contributed by atoms with E-state index in [1.54, 1.807) is 36.4 Å². The number of hydrogen-bond acceptors (Lipinski definition) is 5. The van der Waals surface area contributed by atoms with Gasteiger partial charge in [0.05, 0.1) is 17.2 Å². The van der Waals surface area contributed by atoms with Gasteiger partial charge >= 0.3 is 0 Å². The molecule has 41 heavy (non-hydrogen) atoms. The zero-order chi connectivity index (χ0) is 29.8. The standard InChI is InChI=1S/C32H41N3O5S/c1-5-8-22-33-32(37)30(6-2)34(23-26-12-10-9-11-13-26)31(36)24-35(27-16-18-28(19-17-27)40-7-3)41(38,39)29-20-14-25(4)15-21-29/h9-21,30H,5-8,22-24H2,1-4H3,(H,33,37)/t30-/m0/s1. The molecule has 3 aromatic carbocycles. The van der Waals surface area contributed by atoms with E-state index in [4.69, 9.17) is 4.74 Å². The number of nitrogens with zero attached hydrogens (tertiary/aromatic N) is 2. The van der Waals surface area contributed by atoms with Crippen molar-refractivity contribution in [2.75, 3.05) is 24.0 Å². The van der Waals surface area contributed by atoms with E-state index in [0.717, 1.165) is 28.3 Å². The molecule has 2 amide bonds. The Hall–Kier alpha value is -3.85. The van der Waals surface area contributed by atoms with Gasteiger partial charge < -0.3 is 15.0 Å². The number of rotatable bonds is 15. The molecule has 0 saturated heterocycles. The number of anilines is 1. The highest BCUT2D eigenvalue weighted by Gasteiger charge is 2.33. The van der Waals surface area contributed by atoms with Crippen molar-refractivity contribution < 1.29 is 22.7 Å². The molecule has 0 heterocycles. The lowest BCUT2D eigenvalue weighted by molar-refractivity contribution is -0.140. The number of ether oxygens (including phenoxy) is 1. The van der Waals surface area contributed by atoms with Gasteiger partial charge in [-0.2, -0.15) is 0 Å². The minimum atomic E-state index is -4.12. The topological polar surface area (TPSA) is 96.0 Å². The van der Waals surface area contributed by atoms with E-state index in [-0.39, 0.29) is 17.3 Å². The van der Waals surface area contributed by atoms with Crippen molar-refractivity contribution in [3.63, 3.8) is 0 Å². The van der Waals surface area contributed by atoms with Gasteiger partial charge in [0.25, 0.3) is 10.0 Å². The Kier molecular flexibility index (Phi) is 11.8. The van der Waals surface area contributed by atoms with E-state index in [2.05, 4.69) is 5.32 Å². The lowest BCUT2D eigenvalue weighted by Crippen LogP contribution is -2.52. The van der Waals surface area contributed by atoms with E-state index in [0.29, 0.717) is 31.0 Å². The fraction of sp³-hybridized carbons (Fsp3) is 0.375. The summed E-state index contributed by atoms with van der Waals surface area (Å²) in [6, 6.07) is 21.8. The molecule has 3 rings (SSSR count). The number of benzene rings is 3. The molecule has 9 heteroatoms. The van der Waals surface area contributed by atoms with Crippen LogP contribution in [0.4, 0.5) is 5.69 Å². The molecule has 1 N–H and O–H groups in total. The summed E-state index contributed by atoms with van der Waals surface area (Å²) in [7, 11) is -4.12. The van der Waals surface area contributed by atoms with Gasteiger partial charge in [0, 0.05) is 13.1 Å². The monoisotopic (exact) mass is 579 g/mol. The lowest BCUT2D eigenvalue weighted by atomic mass is 10.1. The molecule has 0 unspecified atom stereocenters. The maximum absolute atomic E-state index is 14.1. The van der Waals surface area contributed by atoms with E-state index >= 15 is 0 Å². The maximum Gasteiger partial charge on any atom is 0.264 e. The molecule has 8 nitrogen and oxygen atoms in total. The molecule has 0 fully saturated rings. The third-order valence-corrected chi connectivity index (χ3v) is 8.52. The molecule has 0 aliphatic rings. The Balaban J connectivity index is 2.02. The van der Waals surface area contributed by atoms with Crippen LogP contribution in [0.1, 0.15) is 51.2 Å². The number of aryl methyl sites for hydroxylation is 1. The minimum absolute atomic E-state index is 0.0729. The predicted octanol–water partition coefficient (Wildman–Crippen LogP) is 5.31. The highest BCUT2D eigenvalue weighted by molar-refractivity contribution is 7.92. The summed E-state index contributed by atoms with van der Waals surface area (Å²) in [6.45, 7) is 8.31. The van der Waals surface area contributed by atoms with Crippen LogP contribution in [0.5, 0.6) is 5.75 Å². The number of amides is 2. The maximum atomic E-state index is 14.1. The van der Waals surface area contributed by atoms with Gasteiger partial charge in [-0.05, 0) is 68.7 Å². The average molecular weight is 580 g/mol. The first-order valence-electron chi connectivity index (χ1n) is 14.1. The molecule has 220 valence electrons. The fourth-order valence-corrected chi connectivity index (χ4v) is 5.86. The highest BCUT2D eigenvalue weighted by atomic mass is 32.2. The molecule has 0 bridgehead atoms. The molecule has 0 aromatic heterocycles. The summed E-state index contributed by atoms with van der Waals surface area (Å²) in [5, 5.41) is 2.94. The van der Waals surface area contributed by atoms with Crippen molar-refractivity contribution in [1.82, 2.24) is 10.2 Å². The number of sulfonamides is 1. The van der Waals surface area contributed by atoms with Crippen molar-refractivity contribution >= 4 is 27.5 Å². The molecule has 1 atom stereocenters. The smallest absolute Gasteiger partial charge is 0.264 e. The average Bonchev–Trinajstić information content (AvgIpc) is 2.97. The third kappa shape index (κ3) is 8.57. The van der Waals surface area contributed by atoms with Gasteiger partial charge in [0.2, 0.25) is 11.8 Å². The van der Waals surface area contributed by atoms with Crippen LogP contribution in [0.25, 0.3) is 0 Å². The molecule has 0 aliphatic carbocycles. The molecule has 3 aromatic rings. The Morgan fingerprint density at radius 2 is 1.56 bits per heavy atom. The Labute approximate surface area is 244 Å². The van der Waals surface area contributed by atoms with Crippen molar-refractivity contribution in [3.8, 4) is 5.75 Å². The van der Waals surface area contributed by atoms with Crippen LogP contribution in [0, 0.1) is 6.92 Å². The minimum Gasteiger partial charge on any atom is -0.494 e. The summed E-state index contributed by atoms with van der Waals surface area (Å²) in [4.78, 5) is 28.9. The molecule has 0 radical (unpaired) electrons. The van der Waals surface area contributed by atoms with Gasteiger partial charge in [0.15, 0.2) is 0 Å². The first kappa shape index (κ1) is 31.7. The number of carbonyl (C=O) groups excluding carboxylic acids is 2. The number of nitrogens with one attached hydrogen (secondary N) is 1. The highest BCUT2D eigenvalue weighted by Crippen LogP contribution is 2.27. The van der Waals surface area contributed by atoms with E-state index in [1.165, 1.54) is 17.0 Å². The number of unbranched alkanes of at least 4 members (excludes halogenated alkanes) is 1. The number of carbonyl (C=O) groups is 2. The first-order chi connectivity index (χ1) is 19.7. The molecule has 0 aliphatic heterocycles. The van der Waals surface area contributed by atoms with Crippen LogP contribution < -0.4 is 14.4 Å². The lowest BCUT2D eigenvalue weighted by Gasteiger charge is -2.33. The van der Waals surface area contributed by atoms with Gasteiger partial charge in [-0.1, -0.05) is 68.3 Å².